The van der Waals surface area contributed by atoms with Gasteiger partial charge in [-0.25, -0.2) is 8.42 Å². The van der Waals surface area contributed by atoms with Gasteiger partial charge in [-0.2, -0.15) is 0 Å². The van der Waals surface area contributed by atoms with E-state index in [0.717, 1.165) is 17.4 Å². The van der Waals surface area contributed by atoms with Crippen LogP contribution in [-0.4, -0.2) is 37.2 Å². The highest BCUT2D eigenvalue weighted by Crippen LogP contribution is 2.32. The van der Waals surface area contributed by atoms with E-state index in [4.69, 9.17) is 5.73 Å². The van der Waals surface area contributed by atoms with Crippen LogP contribution in [0.2, 0.25) is 0 Å². The topological polar surface area (TPSA) is 80.4 Å². The van der Waals surface area contributed by atoms with Crippen LogP contribution in [0.15, 0.2) is 24.3 Å². The normalized spacial score (nSPS) is 16.1. The second-order valence-electron chi connectivity index (χ2n) is 5.52. The number of aryl methyl sites for hydroxylation is 1. The van der Waals surface area contributed by atoms with Crippen molar-refractivity contribution in [3.8, 4) is 0 Å². The van der Waals surface area contributed by atoms with E-state index >= 15 is 0 Å². The zero-order valence-corrected chi connectivity index (χ0v) is 12.7. The molecule has 4 nitrogen and oxygen atoms in total. The van der Waals surface area contributed by atoms with Crippen molar-refractivity contribution >= 4 is 9.84 Å². The molecule has 2 atom stereocenters. The van der Waals surface area contributed by atoms with E-state index in [9.17, 15) is 13.5 Å². The Morgan fingerprint density at radius 2 is 1.84 bits per heavy atom. The molecule has 5 heteroatoms. The van der Waals surface area contributed by atoms with Crippen LogP contribution < -0.4 is 5.73 Å². The van der Waals surface area contributed by atoms with Gasteiger partial charge in [-0.05, 0) is 31.9 Å². The van der Waals surface area contributed by atoms with Crippen molar-refractivity contribution in [3.63, 3.8) is 0 Å². The smallest absolute Gasteiger partial charge is 0.155 e. The molecule has 0 bridgehead atoms. The number of aliphatic hydroxyl groups is 1. The minimum Gasteiger partial charge on any atom is -0.391 e. The lowest BCUT2D eigenvalue weighted by Crippen LogP contribution is -2.48. The Morgan fingerprint density at radius 3 is 2.26 bits per heavy atom. The van der Waals surface area contributed by atoms with Gasteiger partial charge in [0.25, 0.3) is 0 Å². The molecule has 0 aliphatic rings. The molecule has 1 rings (SSSR count). The summed E-state index contributed by atoms with van der Waals surface area (Å²) in [5, 5.41) is 10.5. The number of hydrogen-bond donors (Lipinski definition) is 2. The summed E-state index contributed by atoms with van der Waals surface area (Å²) in [6.07, 6.45) is 0.0929. The van der Waals surface area contributed by atoms with E-state index in [2.05, 4.69) is 0 Å². The molecule has 108 valence electrons. The largest absolute Gasteiger partial charge is 0.391 e. The molecule has 0 saturated carbocycles. The maximum Gasteiger partial charge on any atom is 0.155 e. The van der Waals surface area contributed by atoms with E-state index in [1.54, 1.807) is 0 Å². The van der Waals surface area contributed by atoms with E-state index in [1.807, 2.05) is 31.2 Å². The first-order valence-corrected chi connectivity index (χ1v) is 8.15. The van der Waals surface area contributed by atoms with E-state index in [0.29, 0.717) is 0 Å². The van der Waals surface area contributed by atoms with Gasteiger partial charge in [0.2, 0.25) is 0 Å². The molecule has 1 aromatic carbocycles. The highest BCUT2D eigenvalue weighted by molar-refractivity contribution is 7.92. The van der Waals surface area contributed by atoms with Crippen molar-refractivity contribution in [2.75, 3.05) is 12.8 Å². The number of aliphatic hydroxyl groups excluding tert-OH is 1. The fourth-order valence-electron chi connectivity index (χ4n) is 2.13. The van der Waals surface area contributed by atoms with Crippen molar-refractivity contribution in [1.82, 2.24) is 0 Å². The van der Waals surface area contributed by atoms with Gasteiger partial charge in [0.05, 0.1) is 10.9 Å². The molecule has 0 aliphatic carbocycles. The number of nitrogens with two attached hydrogens (primary N) is 1. The van der Waals surface area contributed by atoms with Gasteiger partial charge in [0.1, 0.15) is 0 Å². The fourth-order valence-corrected chi connectivity index (χ4v) is 2.74. The molecular formula is C14H23NO3S. The first-order chi connectivity index (χ1) is 8.63. The summed E-state index contributed by atoms with van der Waals surface area (Å²) in [5.41, 5.74) is 7.66. The third-order valence-corrected chi connectivity index (χ3v) is 6.04. The Labute approximate surface area is 115 Å². The van der Waals surface area contributed by atoms with E-state index < -0.39 is 26.6 Å². The zero-order chi connectivity index (χ0) is 14.8. The Bertz CT molecular complexity index is 537. The van der Waals surface area contributed by atoms with Gasteiger partial charge >= 0.3 is 0 Å². The van der Waals surface area contributed by atoms with Crippen LogP contribution in [-0.2, 0) is 9.84 Å². The minimum absolute atomic E-state index is 0.199. The van der Waals surface area contributed by atoms with Gasteiger partial charge in [-0.1, -0.05) is 24.3 Å². The van der Waals surface area contributed by atoms with Gasteiger partial charge < -0.3 is 10.8 Å². The Balaban J connectivity index is 3.22. The summed E-state index contributed by atoms with van der Waals surface area (Å²) in [4.78, 5) is 0. The maximum atomic E-state index is 11.8. The predicted octanol–water partition coefficient (Wildman–Crippen LogP) is 1.22. The van der Waals surface area contributed by atoms with E-state index in [1.165, 1.54) is 13.8 Å². The molecule has 2 unspecified atom stereocenters. The SMILES string of the molecule is Cc1ccccc1C(CN)C(O)C(C)(C)S(C)(=O)=O. The van der Waals surface area contributed by atoms with Crippen LogP contribution in [0.25, 0.3) is 0 Å². The number of sulfone groups is 1. The molecule has 0 aromatic heterocycles. The summed E-state index contributed by atoms with van der Waals surface area (Å²) >= 11 is 0. The van der Waals surface area contributed by atoms with Gasteiger partial charge in [-0.15, -0.1) is 0 Å². The summed E-state index contributed by atoms with van der Waals surface area (Å²) in [5.74, 6) is -0.397. The molecule has 0 amide bonds. The van der Waals surface area contributed by atoms with Gasteiger partial charge in [-0.3, -0.25) is 0 Å². The third kappa shape index (κ3) is 3.16. The van der Waals surface area contributed by atoms with Crippen LogP contribution >= 0.6 is 0 Å². The third-order valence-electron chi connectivity index (χ3n) is 3.89. The molecule has 0 heterocycles. The average Bonchev–Trinajstić information content (AvgIpc) is 2.30. The zero-order valence-electron chi connectivity index (χ0n) is 11.9. The molecule has 0 spiro atoms. The lowest BCUT2D eigenvalue weighted by atomic mass is 9.85. The van der Waals surface area contributed by atoms with Crippen LogP contribution in [0.4, 0.5) is 0 Å². The molecule has 3 N–H and O–H groups in total. The lowest BCUT2D eigenvalue weighted by Gasteiger charge is -2.34. The number of hydrogen-bond acceptors (Lipinski definition) is 4. The first kappa shape index (κ1) is 16.1. The summed E-state index contributed by atoms with van der Waals surface area (Å²) in [6.45, 7) is 5.20. The summed E-state index contributed by atoms with van der Waals surface area (Å²) < 4.78 is 22.4. The quantitative estimate of drug-likeness (QED) is 0.852. The Morgan fingerprint density at radius 1 is 1.32 bits per heavy atom. The molecule has 0 aliphatic heterocycles. The average molecular weight is 285 g/mol. The van der Waals surface area contributed by atoms with Crippen molar-refractivity contribution in [1.29, 1.82) is 0 Å². The van der Waals surface area contributed by atoms with Gasteiger partial charge in [0.15, 0.2) is 9.84 Å². The Hall–Kier alpha value is -0.910. The second kappa shape index (κ2) is 5.61. The van der Waals surface area contributed by atoms with Crippen LogP contribution in [0.3, 0.4) is 0 Å². The standard InChI is InChI=1S/C14H23NO3S/c1-10-7-5-6-8-11(10)12(9-15)13(16)14(2,3)19(4,17)18/h5-8,12-13,16H,9,15H2,1-4H3. The fraction of sp³-hybridized carbons (Fsp3) is 0.571. The minimum atomic E-state index is -3.38. The highest BCUT2D eigenvalue weighted by Gasteiger charge is 2.42. The van der Waals surface area contributed by atoms with Crippen molar-refractivity contribution in [2.24, 2.45) is 5.73 Å². The van der Waals surface area contributed by atoms with Crippen molar-refractivity contribution in [2.45, 2.75) is 37.5 Å². The molecule has 0 saturated heterocycles. The molecular weight excluding hydrogens is 262 g/mol. The van der Waals surface area contributed by atoms with Crippen LogP contribution in [0.5, 0.6) is 0 Å². The molecule has 1 aromatic rings. The molecule has 19 heavy (non-hydrogen) atoms. The van der Waals surface area contributed by atoms with E-state index in [-0.39, 0.29) is 6.54 Å². The van der Waals surface area contributed by atoms with Crippen LogP contribution in [0.1, 0.15) is 30.9 Å². The summed E-state index contributed by atoms with van der Waals surface area (Å²) in [7, 11) is -3.38. The number of rotatable bonds is 5. The number of benzene rings is 1. The summed E-state index contributed by atoms with van der Waals surface area (Å²) in [6, 6.07) is 7.58. The first-order valence-electron chi connectivity index (χ1n) is 6.26. The molecule has 0 radical (unpaired) electrons. The van der Waals surface area contributed by atoms with Crippen LogP contribution in [0, 0.1) is 6.92 Å². The predicted molar refractivity (Wildman–Crippen MR) is 77.9 cm³/mol. The van der Waals surface area contributed by atoms with Gasteiger partial charge in [0, 0.05) is 18.7 Å². The molecule has 0 fully saturated rings. The highest BCUT2D eigenvalue weighted by atomic mass is 32.2. The monoisotopic (exact) mass is 285 g/mol. The van der Waals surface area contributed by atoms with Crippen molar-refractivity contribution < 1.29 is 13.5 Å². The second-order valence-corrected chi connectivity index (χ2v) is 8.12. The maximum absolute atomic E-state index is 11.8. The lowest BCUT2D eigenvalue weighted by molar-refractivity contribution is 0.110. The Kier molecular flexibility index (Phi) is 4.76. The van der Waals surface area contributed by atoms with Crippen molar-refractivity contribution in [3.05, 3.63) is 35.4 Å².